The quantitative estimate of drug-likeness (QED) is 0.750. The molecular formula is C21H26N4O3. The first-order valence-corrected chi connectivity index (χ1v) is 9.63. The number of carbonyl (C=O) groups excluding carboxylic acids is 2. The van der Waals surface area contributed by atoms with Crippen LogP contribution in [0.2, 0.25) is 0 Å². The summed E-state index contributed by atoms with van der Waals surface area (Å²) in [5, 5.41) is 5.38. The van der Waals surface area contributed by atoms with Crippen LogP contribution in [-0.2, 0) is 9.59 Å². The lowest BCUT2D eigenvalue weighted by Crippen LogP contribution is -2.41. The molecule has 7 heteroatoms. The summed E-state index contributed by atoms with van der Waals surface area (Å²) in [6.07, 6.45) is 5.56. The fourth-order valence-corrected chi connectivity index (χ4v) is 3.28. The summed E-state index contributed by atoms with van der Waals surface area (Å²) in [5.74, 6) is -0.393. The van der Waals surface area contributed by atoms with Crippen LogP contribution in [0.1, 0.15) is 19.8 Å². The Kier molecular flexibility index (Phi) is 6.84. The fourth-order valence-electron chi connectivity index (χ4n) is 3.28. The first-order chi connectivity index (χ1) is 13.7. The lowest BCUT2D eigenvalue weighted by molar-refractivity contribution is -0.136. The van der Waals surface area contributed by atoms with E-state index in [0.29, 0.717) is 30.5 Å². The topological polar surface area (TPSA) is 83.6 Å². The number of nitrogens with one attached hydrogen (secondary N) is 2. The number of amides is 2. The number of pyridine rings is 1. The van der Waals surface area contributed by atoms with Crippen LogP contribution in [0.5, 0.6) is 5.75 Å². The summed E-state index contributed by atoms with van der Waals surface area (Å²) in [6, 6.07) is 11.1. The molecule has 0 atom stereocenters. The Morgan fingerprint density at radius 2 is 1.93 bits per heavy atom. The molecule has 0 bridgehead atoms. The third kappa shape index (κ3) is 5.22. The standard InChI is InChI=1S/C21H26N4O3/c1-2-28-19-8-4-3-7-18(19)24-21(27)20(26)23-14-16-9-12-25(13-10-16)17-6-5-11-22-15-17/h3-8,11,15-16H,2,9-10,12-14H2,1H3,(H,23,26)(H,24,27). The average molecular weight is 382 g/mol. The Morgan fingerprint density at radius 3 is 2.64 bits per heavy atom. The van der Waals surface area contributed by atoms with Gasteiger partial charge in [-0.15, -0.1) is 0 Å². The summed E-state index contributed by atoms with van der Waals surface area (Å²) >= 11 is 0. The summed E-state index contributed by atoms with van der Waals surface area (Å²) < 4.78 is 5.46. The SMILES string of the molecule is CCOc1ccccc1NC(=O)C(=O)NCC1CCN(c2cccnc2)CC1. The third-order valence-electron chi connectivity index (χ3n) is 4.82. The normalized spacial score (nSPS) is 14.4. The molecule has 2 amide bonds. The van der Waals surface area contributed by atoms with Crippen molar-refractivity contribution in [2.24, 2.45) is 5.92 Å². The van der Waals surface area contributed by atoms with Crippen LogP contribution in [-0.4, -0.2) is 43.0 Å². The highest BCUT2D eigenvalue weighted by atomic mass is 16.5. The van der Waals surface area contributed by atoms with Crippen molar-refractivity contribution in [2.45, 2.75) is 19.8 Å². The first kappa shape index (κ1) is 19.7. The number of rotatable bonds is 6. The van der Waals surface area contributed by atoms with E-state index < -0.39 is 11.8 Å². The van der Waals surface area contributed by atoms with E-state index >= 15 is 0 Å². The summed E-state index contributed by atoms with van der Waals surface area (Å²) in [4.78, 5) is 30.8. The second-order valence-corrected chi connectivity index (χ2v) is 6.73. The van der Waals surface area contributed by atoms with E-state index in [9.17, 15) is 9.59 Å². The molecule has 0 spiro atoms. The van der Waals surface area contributed by atoms with Crippen LogP contribution >= 0.6 is 0 Å². The zero-order valence-electron chi connectivity index (χ0n) is 16.1. The van der Waals surface area contributed by atoms with Crippen molar-refractivity contribution in [3.05, 3.63) is 48.8 Å². The van der Waals surface area contributed by atoms with Crippen LogP contribution in [0.25, 0.3) is 0 Å². The maximum atomic E-state index is 12.2. The number of benzene rings is 1. The van der Waals surface area contributed by atoms with Gasteiger partial charge < -0.3 is 20.3 Å². The number of anilines is 2. The highest BCUT2D eigenvalue weighted by Crippen LogP contribution is 2.24. The van der Waals surface area contributed by atoms with Gasteiger partial charge in [-0.3, -0.25) is 14.6 Å². The molecule has 28 heavy (non-hydrogen) atoms. The lowest BCUT2D eigenvalue weighted by atomic mass is 9.96. The fraction of sp³-hybridized carbons (Fsp3) is 0.381. The number of nitrogens with zero attached hydrogens (tertiary/aromatic N) is 2. The molecule has 0 aliphatic carbocycles. The van der Waals surface area contributed by atoms with Crippen molar-refractivity contribution in [3.63, 3.8) is 0 Å². The second kappa shape index (κ2) is 9.73. The number of para-hydroxylation sites is 2. The number of piperidine rings is 1. The molecule has 3 rings (SSSR count). The van der Waals surface area contributed by atoms with Crippen LogP contribution in [0.4, 0.5) is 11.4 Å². The van der Waals surface area contributed by atoms with Gasteiger partial charge in [-0.2, -0.15) is 0 Å². The summed E-state index contributed by atoms with van der Waals surface area (Å²) in [5.41, 5.74) is 1.62. The van der Waals surface area contributed by atoms with Crippen LogP contribution in [0, 0.1) is 5.92 Å². The molecule has 0 radical (unpaired) electrons. The van der Waals surface area contributed by atoms with E-state index in [-0.39, 0.29) is 0 Å². The summed E-state index contributed by atoms with van der Waals surface area (Å²) in [6.45, 7) is 4.68. The number of aromatic nitrogens is 1. The van der Waals surface area contributed by atoms with Crippen molar-refractivity contribution < 1.29 is 14.3 Å². The van der Waals surface area contributed by atoms with Gasteiger partial charge in [-0.1, -0.05) is 12.1 Å². The minimum Gasteiger partial charge on any atom is -0.492 e. The Bertz CT molecular complexity index is 789. The molecule has 0 unspecified atom stereocenters. The smallest absolute Gasteiger partial charge is 0.313 e. The Morgan fingerprint density at radius 1 is 1.14 bits per heavy atom. The highest BCUT2D eigenvalue weighted by Gasteiger charge is 2.22. The molecule has 1 fully saturated rings. The Labute approximate surface area is 165 Å². The van der Waals surface area contributed by atoms with Crippen molar-refractivity contribution in [3.8, 4) is 5.75 Å². The molecule has 148 valence electrons. The molecule has 1 aromatic heterocycles. The largest absolute Gasteiger partial charge is 0.492 e. The monoisotopic (exact) mass is 382 g/mol. The Hall–Kier alpha value is -3.09. The van der Waals surface area contributed by atoms with Crippen LogP contribution in [0.3, 0.4) is 0 Å². The predicted molar refractivity (Wildman–Crippen MR) is 108 cm³/mol. The predicted octanol–water partition coefficient (Wildman–Crippen LogP) is 2.45. The number of ether oxygens (including phenoxy) is 1. The molecule has 2 N–H and O–H groups in total. The van der Waals surface area contributed by atoms with Crippen molar-refractivity contribution in [1.29, 1.82) is 0 Å². The van der Waals surface area contributed by atoms with Gasteiger partial charge in [0.15, 0.2) is 0 Å². The molecule has 0 saturated carbocycles. The number of carbonyl (C=O) groups is 2. The van der Waals surface area contributed by atoms with Crippen LogP contribution in [0.15, 0.2) is 48.8 Å². The van der Waals surface area contributed by atoms with Gasteiger partial charge in [0.05, 0.1) is 24.2 Å². The van der Waals surface area contributed by atoms with Gasteiger partial charge in [0, 0.05) is 25.8 Å². The maximum Gasteiger partial charge on any atom is 0.313 e. The molecule has 7 nitrogen and oxygen atoms in total. The summed E-state index contributed by atoms with van der Waals surface area (Å²) in [7, 11) is 0. The van der Waals surface area contributed by atoms with E-state index in [0.717, 1.165) is 31.6 Å². The molecule has 1 saturated heterocycles. The zero-order chi connectivity index (χ0) is 19.8. The molecule has 1 aliphatic rings. The van der Waals surface area contributed by atoms with E-state index in [1.807, 2.05) is 25.3 Å². The first-order valence-electron chi connectivity index (χ1n) is 9.63. The van der Waals surface area contributed by atoms with E-state index in [4.69, 9.17) is 4.74 Å². The van der Waals surface area contributed by atoms with Crippen molar-refractivity contribution >= 4 is 23.2 Å². The van der Waals surface area contributed by atoms with Crippen LogP contribution < -0.4 is 20.3 Å². The third-order valence-corrected chi connectivity index (χ3v) is 4.82. The van der Waals surface area contributed by atoms with E-state index in [1.165, 1.54) is 0 Å². The number of hydrogen-bond acceptors (Lipinski definition) is 5. The molecular weight excluding hydrogens is 356 g/mol. The number of hydrogen-bond donors (Lipinski definition) is 2. The lowest BCUT2D eigenvalue weighted by Gasteiger charge is -2.33. The second-order valence-electron chi connectivity index (χ2n) is 6.73. The van der Waals surface area contributed by atoms with Gasteiger partial charge in [0.2, 0.25) is 0 Å². The van der Waals surface area contributed by atoms with Gasteiger partial charge >= 0.3 is 11.8 Å². The van der Waals surface area contributed by atoms with Gasteiger partial charge in [-0.05, 0) is 49.9 Å². The highest BCUT2D eigenvalue weighted by molar-refractivity contribution is 6.39. The average Bonchev–Trinajstić information content (AvgIpc) is 2.74. The van der Waals surface area contributed by atoms with Gasteiger partial charge in [0.1, 0.15) is 5.75 Å². The van der Waals surface area contributed by atoms with Gasteiger partial charge in [0.25, 0.3) is 0 Å². The molecule has 2 aromatic rings. The van der Waals surface area contributed by atoms with Gasteiger partial charge in [-0.25, -0.2) is 0 Å². The molecule has 1 aromatic carbocycles. The van der Waals surface area contributed by atoms with E-state index in [1.54, 1.807) is 24.4 Å². The van der Waals surface area contributed by atoms with Crippen molar-refractivity contribution in [2.75, 3.05) is 36.5 Å². The molecule has 1 aliphatic heterocycles. The maximum absolute atomic E-state index is 12.2. The van der Waals surface area contributed by atoms with Crippen molar-refractivity contribution in [1.82, 2.24) is 10.3 Å². The Balaban J connectivity index is 1.44. The minimum atomic E-state index is -0.681. The minimum absolute atomic E-state index is 0.361. The molecule has 2 heterocycles. The zero-order valence-corrected chi connectivity index (χ0v) is 16.1. The van der Waals surface area contributed by atoms with E-state index in [2.05, 4.69) is 26.6 Å².